The Morgan fingerprint density at radius 1 is 1.04 bits per heavy atom. The number of para-hydroxylation sites is 3. The molecule has 2 aliphatic rings. The molecule has 2 aromatic carbocycles. The zero-order valence-electron chi connectivity index (χ0n) is 16.2. The van der Waals surface area contributed by atoms with Crippen LogP contribution in [0.15, 0.2) is 54.6 Å². The summed E-state index contributed by atoms with van der Waals surface area (Å²) in [5.41, 5.74) is 1.26. The van der Waals surface area contributed by atoms with Gasteiger partial charge in [-0.25, -0.2) is 4.79 Å². The maximum Gasteiger partial charge on any atom is 0.317 e. The molecule has 2 fully saturated rings. The average molecular weight is 381 g/mol. The molecule has 4 rings (SSSR count). The number of hydrogen-bond acceptors (Lipinski definition) is 4. The number of urea groups is 1. The van der Waals surface area contributed by atoms with Crippen molar-refractivity contribution in [1.82, 2.24) is 10.2 Å². The summed E-state index contributed by atoms with van der Waals surface area (Å²) in [6, 6.07) is 18.0. The maximum absolute atomic E-state index is 12.4. The quantitative estimate of drug-likeness (QED) is 0.836. The highest BCUT2D eigenvalue weighted by Crippen LogP contribution is 2.28. The fourth-order valence-corrected chi connectivity index (χ4v) is 3.79. The molecule has 1 N–H and O–H groups in total. The number of likely N-dealkylation sites (tertiary alicyclic amines) is 1. The summed E-state index contributed by atoms with van der Waals surface area (Å²) in [5, 5.41) is 3.09. The van der Waals surface area contributed by atoms with Crippen LogP contribution in [0.25, 0.3) is 0 Å². The highest BCUT2D eigenvalue weighted by molar-refractivity contribution is 5.75. The van der Waals surface area contributed by atoms with Crippen LogP contribution >= 0.6 is 0 Å². The molecule has 6 nitrogen and oxygen atoms in total. The van der Waals surface area contributed by atoms with Gasteiger partial charge in [0.15, 0.2) is 11.5 Å². The predicted molar refractivity (Wildman–Crippen MR) is 109 cm³/mol. The lowest BCUT2D eigenvalue weighted by atomic mass is 10.1. The van der Waals surface area contributed by atoms with Gasteiger partial charge in [-0.3, -0.25) is 0 Å². The zero-order valence-corrected chi connectivity index (χ0v) is 16.2. The molecule has 0 aliphatic carbocycles. The number of carbonyl (C=O) groups excluding carboxylic acids is 1. The van der Waals surface area contributed by atoms with Crippen LogP contribution in [0.3, 0.4) is 0 Å². The normalized spacial score (nSPS) is 19.2. The van der Waals surface area contributed by atoms with Gasteiger partial charge in [-0.15, -0.1) is 0 Å². The molecule has 0 saturated carbocycles. The first kappa shape index (κ1) is 18.5. The first-order chi connectivity index (χ1) is 13.7. The number of nitrogens with zero attached hydrogens (tertiary/aromatic N) is 2. The SMILES string of the molecule is COc1ccccc1OC1CN(C(=O)NC[C@@H]2CCN(c3ccccc3)C2)C1. The third-order valence-electron chi connectivity index (χ3n) is 5.45. The molecule has 0 unspecified atom stereocenters. The summed E-state index contributed by atoms with van der Waals surface area (Å²) in [6.07, 6.45) is 1.12. The van der Waals surface area contributed by atoms with Crippen molar-refractivity contribution in [3.05, 3.63) is 54.6 Å². The molecular formula is C22H27N3O3. The van der Waals surface area contributed by atoms with E-state index in [9.17, 15) is 4.79 Å². The van der Waals surface area contributed by atoms with Crippen molar-refractivity contribution in [2.45, 2.75) is 12.5 Å². The van der Waals surface area contributed by atoms with E-state index in [0.717, 1.165) is 37.6 Å². The van der Waals surface area contributed by atoms with Gasteiger partial charge >= 0.3 is 6.03 Å². The van der Waals surface area contributed by atoms with Gasteiger partial charge in [0, 0.05) is 25.3 Å². The monoisotopic (exact) mass is 381 g/mol. The fraction of sp³-hybridized carbons (Fsp3) is 0.409. The number of rotatable bonds is 6. The van der Waals surface area contributed by atoms with E-state index in [1.54, 1.807) is 12.0 Å². The van der Waals surface area contributed by atoms with E-state index < -0.39 is 0 Å². The Balaban J connectivity index is 1.18. The standard InChI is InChI=1S/C22H27N3O3/c1-27-20-9-5-6-10-21(20)28-19-15-25(16-19)22(26)23-13-17-11-12-24(14-17)18-7-3-2-4-8-18/h2-10,17,19H,11-16H2,1H3,(H,23,26)/t17-/m0/s1. The topological polar surface area (TPSA) is 54.0 Å². The number of benzene rings is 2. The van der Waals surface area contributed by atoms with Crippen molar-refractivity contribution in [2.75, 3.05) is 44.7 Å². The second kappa shape index (κ2) is 8.42. The first-order valence-electron chi connectivity index (χ1n) is 9.85. The fourth-order valence-electron chi connectivity index (χ4n) is 3.79. The van der Waals surface area contributed by atoms with Crippen LogP contribution in [0.2, 0.25) is 0 Å². The molecule has 2 aliphatic heterocycles. The maximum atomic E-state index is 12.4. The third-order valence-corrected chi connectivity index (χ3v) is 5.45. The Kier molecular flexibility index (Phi) is 5.55. The van der Waals surface area contributed by atoms with Crippen molar-refractivity contribution >= 4 is 11.7 Å². The minimum Gasteiger partial charge on any atom is -0.493 e. The lowest BCUT2D eigenvalue weighted by molar-refractivity contribution is 0.0425. The number of anilines is 1. The molecule has 2 amide bonds. The summed E-state index contributed by atoms with van der Waals surface area (Å²) < 4.78 is 11.2. The Bertz CT molecular complexity index is 793. The van der Waals surface area contributed by atoms with Gasteiger partial charge in [0.2, 0.25) is 0 Å². The Morgan fingerprint density at radius 3 is 2.50 bits per heavy atom. The van der Waals surface area contributed by atoms with Gasteiger partial charge in [-0.05, 0) is 36.6 Å². The predicted octanol–water partition coefficient (Wildman–Crippen LogP) is 2.99. The van der Waals surface area contributed by atoms with Gasteiger partial charge in [0.1, 0.15) is 6.10 Å². The Hall–Kier alpha value is -2.89. The van der Waals surface area contributed by atoms with E-state index >= 15 is 0 Å². The number of carbonyl (C=O) groups is 1. The second-order valence-corrected chi connectivity index (χ2v) is 7.42. The van der Waals surface area contributed by atoms with Crippen molar-refractivity contribution in [3.63, 3.8) is 0 Å². The second-order valence-electron chi connectivity index (χ2n) is 7.42. The molecule has 0 bridgehead atoms. The van der Waals surface area contributed by atoms with Crippen molar-refractivity contribution < 1.29 is 14.3 Å². The molecule has 1 atom stereocenters. The van der Waals surface area contributed by atoms with E-state index in [1.807, 2.05) is 30.3 Å². The summed E-state index contributed by atoms with van der Waals surface area (Å²) >= 11 is 0. The van der Waals surface area contributed by atoms with Crippen molar-refractivity contribution in [1.29, 1.82) is 0 Å². The molecule has 0 spiro atoms. The summed E-state index contributed by atoms with van der Waals surface area (Å²) in [5.74, 6) is 1.93. The smallest absolute Gasteiger partial charge is 0.317 e. The van der Waals surface area contributed by atoms with Gasteiger partial charge < -0.3 is 24.6 Å². The van der Waals surface area contributed by atoms with E-state index in [4.69, 9.17) is 9.47 Å². The van der Waals surface area contributed by atoms with E-state index in [1.165, 1.54) is 5.69 Å². The van der Waals surface area contributed by atoms with E-state index in [-0.39, 0.29) is 12.1 Å². The Labute approximate surface area is 166 Å². The van der Waals surface area contributed by atoms with Crippen molar-refractivity contribution in [2.24, 2.45) is 5.92 Å². The van der Waals surface area contributed by atoms with Gasteiger partial charge in [-0.2, -0.15) is 0 Å². The van der Waals surface area contributed by atoms with Crippen molar-refractivity contribution in [3.8, 4) is 11.5 Å². The lowest BCUT2D eigenvalue weighted by Crippen LogP contribution is -2.59. The molecule has 148 valence electrons. The number of hydrogen-bond donors (Lipinski definition) is 1. The van der Waals surface area contributed by atoms with Crippen LogP contribution in [0.1, 0.15) is 6.42 Å². The van der Waals surface area contributed by atoms with Crippen LogP contribution in [0.5, 0.6) is 11.5 Å². The molecule has 28 heavy (non-hydrogen) atoms. The number of nitrogens with one attached hydrogen (secondary N) is 1. The minimum atomic E-state index is -0.00182. The molecule has 6 heteroatoms. The van der Waals surface area contributed by atoms with Crippen LogP contribution < -0.4 is 19.7 Å². The molecule has 2 aromatic rings. The number of amides is 2. The van der Waals surface area contributed by atoms with Crippen LogP contribution in [-0.2, 0) is 0 Å². The molecule has 0 aromatic heterocycles. The van der Waals surface area contributed by atoms with Gasteiger partial charge in [-0.1, -0.05) is 30.3 Å². The summed E-state index contributed by atoms with van der Waals surface area (Å²) in [4.78, 5) is 16.6. The average Bonchev–Trinajstić information content (AvgIpc) is 3.18. The van der Waals surface area contributed by atoms with Crippen LogP contribution in [-0.4, -0.2) is 56.9 Å². The minimum absolute atomic E-state index is 0.00182. The van der Waals surface area contributed by atoms with Crippen LogP contribution in [0, 0.1) is 5.92 Å². The third kappa shape index (κ3) is 4.16. The van der Waals surface area contributed by atoms with Gasteiger partial charge in [0.05, 0.1) is 20.2 Å². The lowest BCUT2D eigenvalue weighted by Gasteiger charge is -2.39. The largest absolute Gasteiger partial charge is 0.493 e. The number of methoxy groups -OCH3 is 1. The summed E-state index contributed by atoms with van der Waals surface area (Å²) in [7, 11) is 1.63. The molecular weight excluding hydrogens is 354 g/mol. The molecule has 2 heterocycles. The summed E-state index contributed by atoms with van der Waals surface area (Å²) in [6.45, 7) is 3.96. The highest BCUT2D eigenvalue weighted by atomic mass is 16.5. The molecule has 2 saturated heterocycles. The number of ether oxygens (including phenoxy) is 2. The first-order valence-corrected chi connectivity index (χ1v) is 9.85. The highest BCUT2D eigenvalue weighted by Gasteiger charge is 2.33. The zero-order chi connectivity index (χ0) is 19.3. The molecule has 0 radical (unpaired) electrons. The van der Waals surface area contributed by atoms with Gasteiger partial charge in [0.25, 0.3) is 0 Å². The van der Waals surface area contributed by atoms with E-state index in [0.29, 0.717) is 19.0 Å². The van der Waals surface area contributed by atoms with E-state index in [2.05, 4.69) is 34.5 Å². The Morgan fingerprint density at radius 2 is 1.75 bits per heavy atom. The van der Waals surface area contributed by atoms with Crippen LogP contribution in [0.4, 0.5) is 10.5 Å².